The number of amides is 2. The first kappa shape index (κ1) is 23.3. The molecular weight excluding hydrogens is 495 g/mol. The summed E-state index contributed by atoms with van der Waals surface area (Å²) in [5.74, 6) is -0.303. The fourth-order valence-electron chi connectivity index (χ4n) is 5.26. The van der Waals surface area contributed by atoms with E-state index in [0.717, 1.165) is 41.3 Å². The van der Waals surface area contributed by atoms with Crippen molar-refractivity contribution in [3.8, 4) is 5.00 Å². The highest BCUT2D eigenvalue weighted by molar-refractivity contribution is 7.15. The Labute approximate surface area is 218 Å². The highest BCUT2D eigenvalue weighted by atomic mass is 35.5. The molecule has 2 aliphatic rings. The van der Waals surface area contributed by atoms with E-state index in [4.69, 9.17) is 11.6 Å². The standard InChI is InChI=1S/C28H26ClFN4OS/c1-17-5-10-23(22(29)14-17)31-28(35)34-15-21-20-11-13-32(2)16-25(20)36-27(21)33-12-3-4-24(33)26(34)18-6-8-19(30)9-7-18/h3-10,12,14,26H,11,13,15-16H2,1-2H3,(H,31,35)/t26-/m1/s1. The van der Waals surface area contributed by atoms with Crippen molar-refractivity contribution >= 4 is 34.7 Å². The zero-order valence-electron chi connectivity index (χ0n) is 20.1. The van der Waals surface area contributed by atoms with Crippen LogP contribution in [0.15, 0.2) is 60.8 Å². The van der Waals surface area contributed by atoms with E-state index in [9.17, 15) is 9.18 Å². The first-order valence-corrected chi connectivity index (χ1v) is 13.2. The van der Waals surface area contributed by atoms with Gasteiger partial charge >= 0.3 is 6.03 Å². The quantitative estimate of drug-likeness (QED) is 0.317. The molecule has 0 spiro atoms. The zero-order chi connectivity index (χ0) is 25.0. The Balaban J connectivity index is 1.49. The maximum absolute atomic E-state index is 14.0. The summed E-state index contributed by atoms with van der Waals surface area (Å²) >= 11 is 8.27. The number of carbonyl (C=O) groups is 1. The van der Waals surface area contributed by atoms with Crippen LogP contribution in [-0.4, -0.2) is 34.0 Å². The van der Waals surface area contributed by atoms with E-state index in [1.165, 1.54) is 28.1 Å². The van der Waals surface area contributed by atoms with Crippen LogP contribution in [0.5, 0.6) is 0 Å². The molecule has 2 aromatic carbocycles. The van der Waals surface area contributed by atoms with Gasteiger partial charge in [0.1, 0.15) is 10.8 Å². The number of anilines is 1. The number of likely N-dealkylation sites (N-methyl/N-ethyl adjacent to an activating group) is 1. The van der Waals surface area contributed by atoms with E-state index in [-0.39, 0.29) is 11.8 Å². The minimum atomic E-state index is -0.397. The summed E-state index contributed by atoms with van der Waals surface area (Å²) in [7, 11) is 2.14. The van der Waals surface area contributed by atoms with Gasteiger partial charge in [-0.25, -0.2) is 9.18 Å². The summed E-state index contributed by atoms with van der Waals surface area (Å²) in [4.78, 5) is 19.5. The predicted octanol–water partition coefficient (Wildman–Crippen LogP) is 6.76. The Kier molecular flexibility index (Phi) is 5.86. The van der Waals surface area contributed by atoms with Crippen molar-refractivity contribution in [1.82, 2.24) is 14.4 Å². The normalized spacial score (nSPS) is 17.2. The number of fused-ring (bicyclic) bond motifs is 5. The Bertz CT molecular complexity index is 1460. The van der Waals surface area contributed by atoms with Gasteiger partial charge < -0.3 is 19.7 Å². The molecule has 0 saturated carbocycles. The van der Waals surface area contributed by atoms with E-state index in [1.54, 1.807) is 23.5 Å². The summed E-state index contributed by atoms with van der Waals surface area (Å²) in [5.41, 5.74) is 5.95. The van der Waals surface area contributed by atoms with Crippen LogP contribution in [0.3, 0.4) is 0 Å². The van der Waals surface area contributed by atoms with Gasteiger partial charge in [-0.1, -0.05) is 29.8 Å². The van der Waals surface area contributed by atoms with Gasteiger partial charge in [-0.2, -0.15) is 0 Å². The number of thiophene rings is 1. The molecule has 4 heterocycles. The maximum Gasteiger partial charge on any atom is 0.323 e. The van der Waals surface area contributed by atoms with Crippen molar-refractivity contribution in [2.75, 3.05) is 18.9 Å². The first-order valence-electron chi connectivity index (χ1n) is 12.0. The molecule has 0 aliphatic carbocycles. The van der Waals surface area contributed by atoms with Crippen molar-refractivity contribution in [3.05, 3.63) is 104 Å². The number of rotatable bonds is 2. The molecule has 8 heteroatoms. The Morgan fingerprint density at radius 3 is 2.69 bits per heavy atom. The third-order valence-corrected chi connectivity index (χ3v) is 8.64. The van der Waals surface area contributed by atoms with Gasteiger partial charge in [0.15, 0.2) is 0 Å². The number of hydrogen-bond acceptors (Lipinski definition) is 3. The molecule has 1 N–H and O–H groups in total. The van der Waals surface area contributed by atoms with E-state index in [1.807, 2.05) is 42.2 Å². The van der Waals surface area contributed by atoms with Crippen molar-refractivity contribution in [2.45, 2.75) is 32.5 Å². The summed E-state index contributed by atoms with van der Waals surface area (Å²) in [6.07, 6.45) is 3.02. The Morgan fingerprint density at radius 1 is 1.11 bits per heavy atom. The highest BCUT2D eigenvalue weighted by Gasteiger charge is 2.36. The number of urea groups is 1. The molecule has 6 rings (SSSR count). The molecule has 2 amide bonds. The van der Waals surface area contributed by atoms with E-state index < -0.39 is 6.04 Å². The van der Waals surface area contributed by atoms with E-state index in [0.29, 0.717) is 17.3 Å². The second-order valence-corrected chi connectivity index (χ2v) is 11.1. The van der Waals surface area contributed by atoms with Gasteiger partial charge in [0.05, 0.1) is 29.0 Å². The fraction of sp³-hybridized carbons (Fsp3) is 0.250. The summed E-state index contributed by atoms with van der Waals surface area (Å²) in [5, 5.41) is 4.70. The van der Waals surface area contributed by atoms with Crippen LogP contribution >= 0.6 is 22.9 Å². The molecule has 36 heavy (non-hydrogen) atoms. The molecule has 2 aromatic heterocycles. The largest absolute Gasteiger partial charge is 0.323 e. The lowest BCUT2D eigenvalue weighted by molar-refractivity contribution is 0.194. The first-order chi connectivity index (χ1) is 17.4. The third kappa shape index (κ3) is 4.01. The predicted molar refractivity (Wildman–Crippen MR) is 143 cm³/mol. The van der Waals surface area contributed by atoms with Crippen LogP contribution in [-0.2, 0) is 19.5 Å². The number of nitrogens with zero attached hydrogens (tertiary/aromatic N) is 3. The number of carbonyl (C=O) groups excluding carboxylic acids is 1. The molecule has 5 nitrogen and oxygen atoms in total. The summed E-state index contributed by atoms with van der Waals surface area (Å²) in [6.45, 7) is 4.31. The molecule has 0 unspecified atom stereocenters. The van der Waals surface area contributed by atoms with Gasteiger partial charge in [-0.3, -0.25) is 0 Å². The molecule has 0 radical (unpaired) electrons. The molecule has 0 bridgehead atoms. The van der Waals surface area contributed by atoms with Crippen molar-refractivity contribution < 1.29 is 9.18 Å². The van der Waals surface area contributed by atoms with Crippen LogP contribution in [0.2, 0.25) is 5.02 Å². The summed E-state index contributed by atoms with van der Waals surface area (Å²) < 4.78 is 16.1. The number of hydrogen-bond donors (Lipinski definition) is 1. The summed E-state index contributed by atoms with van der Waals surface area (Å²) in [6, 6.07) is 15.4. The number of halogens is 2. The van der Waals surface area contributed by atoms with Crippen molar-refractivity contribution in [1.29, 1.82) is 0 Å². The van der Waals surface area contributed by atoms with Gasteiger partial charge in [0.25, 0.3) is 0 Å². The molecule has 2 aliphatic heterocycles. The van der Waals surface area contributed by atoms with Crippen LogP contribution in [0.1, 0.15) is 38.9 Å². The van der Waals surface area contributed by atoms with Gasteiger partial charge in [-0.05, 0) is 73.5 Å². The molecule has 1 atom stereocenters. The SMILES string of the molecule is Cc1ccc(NC(=O)N2Cc3c(sc4c3CCN(C)C4)-n3cccc3[C@H]2c2ccc(F)cc2)c(Cl)c1. The van der Waals surface area contributed by atoms with Gasteiger partial charge in [-0.15, -0.1) is 11.3 Å². The van der Waals surface area contributed by atoms with Crippen LogP contribution in [0.25, 0.3) is 5.00 Å². The van der Waals surface area contributed by atoms with Crippen LogP contribution in [0, 0.1) is 12.7 Å². The number of aryl methyl sites for hydroxylation is 1. The number of aromatic nitrogens is 1. The smallest absolute Gasteiger partial charge is 0.310 e. The Hall–Kier alpha value is -3.13. The van der Waals surface area contributed by atoms with E-state index in [2.05, 4.69) is 28.0 Å². The van der Waals surface area contributed by atoms with Gasteiger partial charge in [0, 0.05) is 29.7 Å². The lowest BCUT2D eigenvalue weighted by Crippen LogP contribution is -2.38. The average molecular weight is 521 g/mol. The minimum Gasteiger partial charge on any atom is -0.310 e. The van der Waals surface area contributed by atoms with E-state index >= 15 is 0 Å². The molecule has 184 valence electrons. The van der Waals surface area contributed by atoms with Crippen molar-refractivity contribution in [3.63, 3.8) is 0 Å². The lowest BCUT2D eigenvalue weighted by atomic mass is 10.0. The maximum atomic E-state index is 14.0. The second-order valence-electron chi connectivity index (χ2n) is 9.57. The van der Waals surface area contributed by atoms with Crippen molar-refractivity contribution in [2.24, 2.45) is 0 Å². The molecule has 4 aromatic rings. The second kappa shape index (κ2) is 9.07. The fourth-order valence-corrected chi connectivity index (χ4v) is 6.98. The molecular formula is C28H26ClFN4OS. The number of nitrogens with one attached hydrogen (secondary N) is 1. The Morgan fingerprint density at radius 2 is 1.92 bits per heavy atom. The van der Waals surface area contributed by atoms with Crippen LogP contribution < -0.4 is 5.32 Å². The number of benzene rings is 2. The van der Waals surface area contributed by atoms with Crippen LogP contribution in [0.4, 0.5) is 14.9 Å². The molecule has 0 fully saturated rings. The lowest BCUT2D eigenvalue weighted by Gasteiger charge is -2.32. The zero-order valence-corrected chi connectivity index (χ0v) is 21.7. The minimum absolute atomic E-state index is 0.247. The van der Waals surface area contributed by atoms with Gasteiger partial charge in [0.2, 0.25) is 0 Å². The third-order valence-electron chi connectivity index (χ3n) is 7.07. The average Bonchev–Trinajstić information content (AvgIpc) is 3.43. The monoisotopic (exact) mass is 520 g/mol. The topological polar surface area (TPSA) is 40.5 Å². The molecule has 0 saturated heterocycles. The highest BCUT2D eigenvalue weighted by Crippen LogP contribution is 2.43.